The van der Waals surface area contributed by atoms with Gasteiger partial charge in [0.2, 0.25) is 0 Å². The van der Waals surface area contributed by atoms with Gasteiger partial charge in [0.05, 0.1) is 25.7 Å². The standard InChI is InChI=1S/C30H37N3O7/c1-19(21-5-7-25-22(15-21)9-12-39-25)33(24-16-23(17-24)29(35)36)18-20-4-6-26(27(14-20)38-3)40-13-11-32-28(34)8-10-31(2)30(32)37/h4-8,10,14-15,19,23-24,26-27H,9,11-13,16-18H2,1-3H3,(H,35,36). The minimum Gasteiger partial charge on any atom is -0.493 e. The van der Waals surface area contributed by atoms with Crippen LogP contribution in [0.1, 0.15) is 36.9 Å². The fourth-order valence-corrected chi connectivity index (χ4v) is 5.76. The van der Waals surface area contributed by atoms with Gasteiger partial charge in [0, 0.05) is 51.5 Å². The van der Waals surface area contributed by atoms with Crippen molar-refractivity contribution >= 4 is 5.97 Å². The lowest BCUT2D eigenvalue weighted by Crippen LogP contribution is -2.48. The molecule has 5 rings (SSSR count). The molecule has 2 aliphatic carbocycles. The molecule has 10 nitrogen and oxygen atoms in total. The highest BCUT2D eigenvalue weighted by Gasteiger charge is 2.40. The second-order valence-electron chi connectivity index (χ2n) is 10.8. The Morgan fingerprint density at radius 2 is 2.02 bits per heavy atom. The molecule has 1 aliphatic heterocycles. The van der Waals surface area contributed by atoms with Crippen LogP contribution < -0.4 is 16.0 Å². The number of aromatic nitrogens is 2. The summed E-state index contributed by atoms with van der Waals surface area (Å²) in [4.78, 5) is 38.3. The molecule has 0 saturated heterocycles. The Kier molecular flexibility index (Phi) is 8.39. The number of hydrogen-bond acceptors (Lipinski definition) is 7. The summed E-state index contributed by atoms with van der Waals surface area (Å²) in [5.74, 6) is -0.0886. The van der Waals surface area contributed by atoms with Gasteiger partial charge in [0.1, 0.15) is 18.0 Å². The van der Waals surface area contributed by atoms with Crippen LogP contribution in [0.15, 0.2) is 63.9 Å². The van der Waals surface area contributed by atoms with Crippen molar-refractivity contribution in [3.63, 3.8) is 0 Å². The largest absolute Gasteiger partial charge is 0.493 e. The number of ether oxygens (including phenoxy) is 3. The molecule has 0 amide bonds. The third-order valence-corrected chi connectivity index (χ3v) is 8.33. The fraction of sp³-hybridized carbons (Fsp3) is 0.500. The first-order valence-electron chi connectivity index (χ1n) is 13.8. The van der Waals surface area contributed by atoms with E-state index in [1.54, 1.807) is 14.2 Å². The van der Waals surface area contributed by atoms with E-state index in [1.165, 1.54) is 28.0 Å². The highest BCUT2D eigenvalue weighted by Crippen LogP contribution is 2.39. The number of hydrogen-bond donors (Lipinski definition) is 1. The summed E-state index contributed by atoms with van der Waals surface area (Å²) in [6, 6.07) is 7.96. The van der Waals surface area contributed by atoms with Crippen molar-refractivity contribution in [1.29, 1.82) is 0 Å². The van der Waals surface area contributed by atoms with Crippen LogP contribution in [0.2, 0.25) is 0 Å². The topological polar surface area (TPSA) is 112 Å². The van der Waals surface area contributed by atoms with E-state index in [-0.39, 0.29) is 54.6 Å². The van der Waals surface area contributed by atoms with Gasteiger partial charge in [-0.2, -0.15) is 0 Å². The number of aryl methyl sites for hydroxylation is 1. The first-order valence-corrected chi connectivity index (χ1v) is 13.8. The molecular weight excluding hydrogens is 514 g/mol. The Hall–Kier alpha value is -3.47. The van der Waals surface area contributed by atoms with Crippen molar-refractivity contribution in [2.45, 2.75) is 57.0 Å². The molecule has 0 spiro atoms. The molecule has 10 heteroatoms. The molecular formula is C30H37N3O7. The predicted molar refractivity (Wildman–Crippen MR) is 149 cm³/mol. The van der Waals surface area contributed by atoms with E-state index in [0.29, 0.717) is 26.0 Å². The number of carboxylic acid groups (broad SMARTS) is 1. The SMILES string of the molecule is COC1C=C(CN(C2CC(C(=O)O)C2)C(C)c2ccc3c(c2)CCO3)C=CC1OCCn1c(=O)ccn(C)c1=O. The fourth-order valence-electron chi connectivity index (χ4n) is 5.76. The molecule has 40 heavy (non-hydrogen) atoms. The second kappa shape index (κ2) is 12.0. The van der Waals surface area contributed by atoms with Crippen LogP contribution in [0, 0.1) is 5.92 Å². The zero-order valence-corrected chi connectivity index (χ0v) is 23.2. The summed E-state index contributed by atoms with van der Waals surface area (Å²) in [6.45, 7) is 3.85. The van der Waals surface area contributed by atoms with Crippen LogP contribution in [0.25, 0.3) is 0 Å². The molecule has 214 valence electrons. The van der Waals surface area contributed by atoms with E-state index < -0.39 is 5.97 Å². The van der Waals surface area contributed by atoms with Crippen LogP contribution in [0.5, 0.6) is 5.75 Å². The van der Waals surface area contributed by atoms with Crippen LogP contribution in [0.4, 0.5) is 0 Å². The highest BCUT2D eigenvalue weighted by molar-refractivity contribution is 5.71. The molecule has 3 atom stereocenters. The lowest BCUT2D eigenvalue weighted by molar-refractivity contribution is -0.147. The van der Waals surface area contributed by atoms with Crippen molar-refractivity contribution in [3.05, 3.63) is 86.2 Å². The van der Waals surface area contributed by atoms with Crippen LogP contribution in [-0.2, 0) is 34.3 Å². The normalized spacial score (nSPS) is 24.2. The molecule has 3 unspecified atom stereocenters. The van der Waals surface area contributed by atoms with E-state index in [9.17, 15) is 19.5 Å². The van der Waals surface area contributed by atoms with Gasteiger partial charge in [-0.15, -0.1) is 0 Å². The van der Waals surface area contributed by atoms with Crippen molar-refractivity contribution < 1.29 is 24.1 Å². The highest BCUT2D eigenvalue weighted by atomic mass is 16.5. The molecule has 3 aliphatic rings. The van der Waals surface area contributed by atoms with Gasteiger partial charge in [-0.05, 0) is 48.6 Å². The van der Waals surface area contributed by atoms with E-state index in [0.717, 1.165) is 22.3 Å². The third kappa shape index (κ3) is 5.84. The number of rotatable bonds is 11. The van der Waals surface area contributed by atoms with Crippen LogP contribution >= 0.6 is 0 Å². The van der Waals surface area contributed by atoms with Crippen molar-refractivity contribution in [1.82, 2.24) is 14.0 Å². The first-order chi connectivity index (χ1) is 19.2. The van der Waals surface area contributed by atoms with E-state index in [1.807, 2.05) is 24.3 Å². The minimum absolute atomic E-state index is 0.0849. The number of methoxy groups -OCH3 is 1. The van der Waals surface area contributed by atoms with Gasteiger partial charge < -0.3 is 23.9 Å². The van der Waals surface area contributed by atoms with Gasteiger partial charge in [0.15, 0.2) is 0 Å². The summed E-state index contributed by atoms with van der Waals surface area (Å²) in [7, 11) is 3.23. The molecule has 0 bridgehead atoms. The average Bonchev–Trinajstić information content (AvgIpc) is 3.39. The zero-order valence-electron chi connectivity index (χ0n) is 23.2. The first kappa shape index (κ1) is 28.1. The molecule has 2 aromatic rings. The van der Waals surface area contributed by atoms with Gasteiger partial charge in [-0.3, -0.25) is 19.1 Å². The maximum Gasteiger partial charge on any atom is 0.330 e. The number of nitrogens with zero attached hydrogens (tertiary/aromatic N) is 3. The molecule has 1 saturated carbocycles. The summed E-state index contributed by atoms with van der Waals surface area (Å²) in [5, 5.41) is 9.48. The molecule has 1 N–H and O–H groups in total. The van der Waals surface area contributed by atoms with E-state index in [2.05, 4.69) is 24.0 Å². The molecule has 1 aromatic carbocycles. The van der Waals surface area contributed by atoms with Crippen molar-refractivity contribution in [2.75, 3.05) is 26.9 Å². The Labute approximate surface area is 233 Å². The minimum atomic E-state index is -0.731. The summed E-state index contributed by atoms with van der Waals surface area (Å²) in [6.07, 6.45) is 8.93. The van der Waals surface area contributed by atoms with Crippen molar-refractivity contribution in [2.24, 2.45) is 13.0 Å². The Morgan fingerprint density at radius 3 is 2.77 bits per heavy atom. The van der Waals surface area contributed by atoms with Crippen LogP contribution in [0.3, 0.4) is 0 Å². The summed E-state index contributed by atoms with van der Waals surface area (Å²) < 4.78 is 19.9. The Balaban J connectivity index is 1.27. The predicted octanol–water partition coefficient (Wildman–Crippen LogP) is 2.30. The molecule has 2 heterocycles. The summed E-state index contributed by atoms with van der Waals surface area (Å²) in [5.41, 5.74) is 2.73. The number of carbonyl (C=O) groups is 1. The van der Waals surface area contributed by atoms with E-state index in [4.69, 9.17) is 14.2 Å². The smallest absolute Gasteiger partial charge is 0.330 e. The number of benzene rings is 1. The quantitative estimate of drug-likeness (QED) is 0.453. The third-order valence-electron chi connectivity index (χ3n) is 8.33. The van der Waals surface area contributed by atoms with Gasteiger partial charge in [-0.25, -0.2) is 4.79 Å². The lowest BCUT2D eigenvalue weighted by Gasteiger charge is -2.45. The second-order valence-corrected chi connectivity index (χ2v) is 10.8. The molecule has 1 aromatic heterocycles. The number of aliphatic carboxylic acids is 1. The maximum absolute atomic E-state index is 12.3. The zero-order chi connectivity index (χ0) is 28.4. The summed E-state index contributed by atoms with van der Waals surface area (Å²) >= 11 is 0. The monoisotopic (exact) mass is 551 g/mol. The van der Waals surface area contributed by atoms with Gasteiger partial charge >= 0.3 is 11.7 Å². The number of carboxylic acids is 1. The Morgan fingerprint density at radius 1 is 1.23 bits per heavy atom. The maximum atomic E-state index is 12.3. The number of fused-ring (bicyclic) bond motifs is 1. The Bertz CT molecular complexity index is 1420. The van der Waals surface area contributed by atoms with Gasteiger partial charge in [-0.1, -0.05) is 24.3 Å². The van der Waals surface area contributed by atoms with Crippen LogP contribution in [-0.4, -0.2) is 70.2 Å². The lowest BCUT2D eigenvalue weighted by atomic mass is 9.78. The molecule has 0 radical (unpaired) electrons. The van der Waals surface area contributed by atoms with Crippen molar-refractivity contribution in [3.8, 4) is 5.75 Å². The van der Waals surface area contributed by atoms with Gasteiger partial charge in [0.25, 0.3) is 5.56 Å². The molecule has 1 fully saturated rings. The van der Waals surface area contributed by atoms with E-state index >= 15 is 0 Å². The average molecular weight is 552 g/mol.